The monoisotopic (exact) mass is 364 g/mol. The van der Waals surface area contributed by atoms with Gasteiger partial charge in [-0.15, -0.1) is 0 Å². The Morgan fingerprint density at radius 2 is 1.68 bits per heavy atom. The van der Waals surface area contributed by atoms with E-state index >= 15 is 0 Å². The molecule has 1 aliphatic heterocycles. The van der Waals surface area contributed by atoms with E-state index in [4.69, 9.17) is 12.2 Å². The average Bonchev–Trinajstić information content (AvgIpc) is 2.61. The Balaban J connectivity index is 2.12. The van der Waals surface area contributed by atoms with Crippen LogP contribution < -0.4 is 10.6 Å². The number of rotatable bonds is 3. The summed E-state index contributed by atoms with van der Waals surface area (Å²) in [6.07, 6.45) is 1.55. The van der Waals surface area contributed by atoms with Crippen LogP contribution in [0.5, 0.6) is 0 Å². The fraction of sp³-hybridized carbons (Fsp3) is 0.353. The van der Waals surface area contributed by atoms with Gasteiger partial charge in [-0.05, 0) is 36.0 Å². The number of hydrogen-bond acceptors (Lipinski definition) is 3. The van der Waals surface area contributed by atoms with Gasteiger partial charge in [-0.1, -0.05) is 12.1 Å². The molecule has 0 unspecified atom stereocenters. The maximum atomic E-state index is 13.0. The van der Waals surface area contributed by atoms with E-state index < -0.39 is 0 Å². The highest BCUT2D eigenvalue weighted by Gasteiger charge is 2.25. The molecule has 1 fully saturated rings. The maximum absolute atomic E-state index is 13.0. The SMILES string of the molecule is CNC(=S)N1CCN(C(=O)/C(=C/c2ccc(F)cc2)NC(C)=O)CC1. The lowest BCUT2D eigenvalue weighted by Gasteiger charge is -2.36. The van der Waals surface area contributed by atoms with Gasteiger partial charge in [-0.2, -0.15) is 0 Å². The largest absolute Gasteiger partial charge is 0.366 e. The summed E-state index contributed by atoms with van der Waals surface area (Å²) in [7, 11) is 1.76. The molecule has 1 heterocycles. The Kier molecular flexibility index (Phi) is 6.46. The third-order valence-corrected chi connectivity index (χ3v) is 4.25. The Morgan fingerprint density at radius 1 is 1.12 bits per heavy atom. The average molecular weight is 364 g/mol. The van der Waals surface area contributed by atoms with Gasteiger partial charge in [0, 0.05) is 40.2 Å². The van der Waals surface area contributed by atoms with Crippen molar-refractivity contribution >= 4 is 35.2 Å². The summed E-state index contributed by atoms with van der Waals surface area (Å²) >= 11 is 5.20. The van der Waals surface area contributed by atoms with Crippen LogP contribution in [0.2, 0.25) is 0 Å². The van der Waals surface area contributed by atoms with E-state index in [2.05, 4.69) is 10.6 Å². The molecule has 0 atom stereocenters. The Bertz CT molecular complexity index is 682. The number of amides is 2. The molecule has 1 aliphatic rings. The number of carbonyl (C=O) groups is 2. The minimum absolute atomic E-state index is 0.170. The first kappa shape index (κ1) is 18.9. The van der Waals surface area contributed by atoms with Crippen molar-refractivity contribution in [3.63, 3.8) is 0 Å². The van der Waals surface area contributed by atoms with Crippen LogP contribution in [0.4, 0.5) is 4.39 Å². The summed E-state index contributed by atoms with van der Waals surface area (Å²) in [6.45, 7) is 3.59. The Labute approximate surface area is 151 Å². The maximum Gasteiger partial charge on any atom is 0.270 e. The van der Waals surface area contributed by atoms with E-state index in [1.165, 1.54) is 19.1 Å². The summed E-state index contributed by atoms with van der Waals surface area (Å²) in [5.74, 6) is -0.965. The van der Waals surface area contributed by atoms with Crippen molar-refractivity contribution < 1.29 is 14.0 Å². The minimum atomic E-state index is -0.360. The number of piperazine rings is 1. The quantitative estimate of drug-likeness (QED) is 0.618. The van der Waals surface area contributed by atoms with E-state index in [0.29, 0.717) is 36.9 Å². The molecule has 0 bridgehead atoms. The molecule has 8 heteroatoms. The van der Waals surface area contributed by atoms with Crippen molar-refractivity contribution in [2.75, 3.05) is 33.2 Å². The second-order valence-corrected chi connectivity index (χ2v) is 6.01. The van der Waals surface area contributed by atoms with E-state index in [9.17, 15) is 14.0 Å². The number of nitrogens with zero attached hydrogens (tertiary/aromatic N) is 2. The van der Waals surface area contributed by atoms with Crippen LogP contribution in [0.3, 0.4) is 0 Å². The molecule has 25 heavy (non-hydrogen) atoms. The highest BCUT2D eigenvalue weighted by atomic mass is 32.1. The lowest BCUT2D eigenvalue weighted by atomic mass is 10.1. The molecule has 6 nitrogen and oxygen atoms in total. The highest BCUT2D eigenvalue weighted by Crippen LogP contribution is 2.11. The van der Waals surface area contributed by atoms with Crippen LogP contribution >= 0.6 is 12.2 Å². The highest BCUT2D eigenvalue weighted by molar-refractivity contribution is 7.80. The molecule has 0 saturated carbocycles. The molecule has 2 rings (SSSR count). The van der Waals surface area contributed by atoms with E-state index in [-0.39, 0.29) is 23.3 Å². The number of benzene rings is 1. The van der Waals surface area contributed by atoms with E-state index in [1.807, 2.05) is 4.90 Å². The van der Waals surface area contributed by atoms with Gasteiger partial charge in [-0.3, -0.25) is 9.59 Å². The summed E-state index contributed by atoms with van der Waals surface area (Å²) in [6, 6.07) is 5.71. The van der Waals surface area contributed by atoms with Gasteiger partial charge in [0.2, 0.25) is 5.91 Å². The molecular weight excluding hydrogens is 343 g/mol. The Morgan fingerprint density at radius 3 is 2.20 bits per heavy atom. The zero-order chi connectivity index (χ0) is 18.4. The molecule has 1 saturated heterocycles. The topological polar surface area (TPSA) is 64.7 Å². The smallest absolute Gasteiger partial charge is 0.270 e. The van der Waals surface area contributed by atoms with Crippen LogP contribution in [0, 0.1) is 5.82 Å². The summed E-state index contributed by atoms with van der Waals surface area (Å²) in [4.78, 5) is 27.9. The van der Waals surface area contributed by atoms with Crippen LogP contribution in [0.15, 0.2) is 30.0 Å². The van der Waals surface area contributed by atoms with Crippen molar-refractivity contribution in [2.45, 2.75) is 6.92 Å². The number of halogens is 1. The molecule has 2 N–H and O–H groups in total. The normalized spacial score (nSPS) is 14.9. The lowest BCUT2D eigenvalue weighted by molar-refractivity contribution is -0.130. The predicted molar refractivity (Wildman–Crippen MR) is 98.0 cm³/mol. The molecule has 134 valence electrons. The molecule has 0 aliphatic carbocycles. The van der Waals surface area contributed by atoms with Gasteiger partial charge in [0.1, 0.15) is 11.5 Å². The Hall–Kier alpha value is -2.48. The number of hydrogen-bond donors (Lipinski definition) is 2. The van der Waals surface area contributed by atoms with E-state index in [0.717, 1.165) is 0 Å². The van der Waals surface area contributed by atoms with Crippen LogP contribution in [0.25, 0.3) is 6.08 Å². The number of nitrogens with one attached hydrogen (secondary N) is 2. The lowest BCUT2D eigenvalue weighted by Crippen LogP contribution is -2.53. The first-order chi connectivity index (χ1) is 11.9. The third kappa shape index (κ3) is 5.25. The van der Waals surface area contributed by atoms with Crippen LogP contribution in [-0.2, 0) is 9.59 Å². The predicted octanol–water partition coefficient (Wildman–Crippen LogP) is 0.951. The van der Waals surface area contributed by atoms with Crippen molar-refractivity contribution in [3.05, 3.63) is 41.3 Å². The molecule has 0 aromatic heterocycles. The van der Waals surface area contributed by atoms with Crippen molar-refractivity contribution in [2.24, 2.45) is 0 Å². The molecule has 2 amide bonds. The summed E-state index contributed by atoms with van der Waals surface area (Å²) in [5, 5.41) is 6.14. The first-order valence-corrected chi connectivity index (χ1v) is 8.32. The second-order valence-electron chi connectivity index (χ2n) is 5.63. The van der Waals surface area contributed by atoms with E-state index in [1.54, 1.807) is 30.2 Å². The van der Waals surface area contributed by atoms with Crippen molar-refractivity contribution in [1.29, 1.82) is 0 Å². The van der Waals surface area contributed by atoms with Gasteiger partial charge < -0.3 is 20.4 Å². The summed E-state index contributed by atoms with van der Waals surface area (Å²) in [5.41, 5.74) is 0.803. The number of carbonyl (C=O) groups excluding carboxylic acids is 2. The molecule has 1 aromatic carbocycles. The van der Waals surface area contributed by atoms with Gasteiger partial charge >= 0.3 is 0 Å². The van der Waals surface area contributed by atoms with Crippen molar-refractivity contribution in [1.82, 2.24) is 20.4 Å². The molecule has 1 aromatic rings. The number of thiocarbonyl (C=S) groups is 1. The van der Waals surface area contributed by atoms with Crippen LogP contribution in [-0.4, -0.2) is 60.0 Å². The zero-order valence-corrected chi connectivity index (χ0v) is 15.0. The van der Waals surface area contributed by atoms with Gasteiger partial charge in [0.05, 0.1) is 0 Å². The van der Waals surface area contributed by atoms with Crippen molar-refractivity contribution in [3.8, 4) is 0 Å². The van der Waals surface area contributed by atoms with Gasteiger partial charge in [-0.25, -0.2) is 4.39 Å². The minimum Gasteiger partial charge on any atom is -0.366 e. The fourth-order valence-corrected chi connectivity index (χ4v) is 2.69. The molecule has 0 radical (unpaired) electrons. The van der Waals surface area contributed by atoms with Crippen LogP contribution in [0.1, 0.15) is 12.5 Å². The summed E-state index contributed by atoms with van der Waals surface area (Å²) < 4.78 is 13.0. The third-order valence-electron chi connectivity index (χ3n) is 3.79. The zero-order valence-electron chi connectivity index (χ0n) is 14.2. The van der Waals surface area contributed by atoms with Gasteiger partial charge in [0.25, 0.3) is 5.91 Å². The first-order valence-electron chi connectivity index (χ1n) is 7.91. The molecular formula is C17H21FN4O2S. The second kappa shape index (κ2) is 8.57. The molecule has 0 spiro atoms. The van der Waals surface area contributed by atoms with Gasteiger partial charge in [0.15, 0.2) is 5.11 Å². The fourth-order valence-electron chi connectivity index (χ4n) is 2.51. The standard InChI is InChI=1S/C17H21FN4O2S/c1-12(23)20-15(11-13-3-5-14(18)6-4-13)16(24)21-7-9-22(10-8-21)17(25)19-2/h3-6,11H,7-10H2,1-2H3,(H,19,25)(H,20,23)/b15-11-.